The minimum absolute atomic E-state index is 0.156. The third-order valence-electron chi connectivity index (χ3n) is 3.44. The minimum Gasteiger partial charge on any atom is -0.475 e. The fraction of sp³-hybridized carbons (Fsp3) is 0.400. The van der Waals surface area contributed by atoms with E-state index < -0.39 is 6.10 Å². The molecule has 3 rings (SSSR count). The quantitative estimate of drug-likeness (QED) is 0.917. The van der Waals surface area contributed by atoms with Crippen molar-refractivity contribution in [3.8, 4) is 17.1 Å². The monoisotopic (exact) mass is 276 g/mol. The molecule has 20 heavy (non-hydrogen) atoms. The Kier molecular flexibility index (Phi) is 3.22. The van der Waals surface area contributed by atoms with Crippen molar-refractivity contribution in [1.29, 1.82) is 0 Å². The lowest BCUT2D eigenvalue weighted by atomic mass is 9.98. The molecule has 106 valence electrons. The maximum absolute atomic E-state index is 14.0. The van der Waals surface area contributed by atoms with Crippen molar-refractivity contribution in [1.82, 2.24) is 9.78 Å². The predicted molar refractivity (Wildman–Crippen MR) is 73.2 cm³/mol. The van der Waals surface area contributed by atoms with Crippen molar-refractivity contribution in [2.75, 3.05) is 6.61 Å². The van der Waals surface area contributed by atoms with Crippen LogP contribution in [0.2, 0.25) is 0 Å². The molecular formula is C15H17FN2O2. The molecule has 1 aliphatic rings. The second kappa shape index (κ2) is 4.90. The van der Waals surface area contributed by atoms with E-state index in [1.807, 2.05) is 13.8 Å². The minimum atomic E-state index is -0.573. The molecule has 1 atom stereocenters. The number of rotatable bonds is 2. The van der Waals surface area contributed by atoms with E-state index in [1.165, 1.54) is 6.07 Å². The largest absolute Gasteiger partial charge is 0.475 e. The van der Waals surface area contributed by atoms with Crippen LogP contribution in [-0.2, 0) is 6.54 Å². The van der Waals surface area contributed by atoms with Crippen molar-refractivity contribution in [2.45, 2.75) is 32.4 Å². The Balaban J connectivity index is 2.19. The van der Waals surface area contributed by atoms with Gasteiger partial charge in [0.25, 0.3) is 0 Å². The Hall–Kier alpha value is -1.88. The van der Waals surface area contributed by atoms with Crippen LogP contribution in [-0.4, -0.2) is 27.6 Å². The molecule has 5 heteroatoms. The van der Waals surface area contributed by atoms with E-state index in [9.17, 15) is 9.50 Å². The Morgan fingerprint density at radius 2 is 2.15 bits per heavy atom. The third-order valence-corrected chi connectivity index (χ3v) is 3.44. The molecule has 1 aliphatic heterocycles. The van der Waals surface area contributed by atoms with E-state index in [2.05, 4.69) is 5.10 Å². The first-order valence-corrected chi connectivity index (χ1v) is 6.74. The third kappa shape index (κ3) is 2.08. The molecule has 0 spiro atoms. The van der Waals surface area contributed by atoms with E-state index in [0.717, 1.165) is 5.56 Å². The van der Waals surface area contributed by atoms with Crippen LogP contribution in [0.15, 0.2) is 24.3 Å². The van der Waals surface area contributed by atoms with Gasteiger partial charge in [-0.3, -0.25) is 0 Å². The lowest BCUT2D eigenvalue weighted by Crippen LogP contribution is -2.30. The molecule has 4 nitrogen and oxygen atoms in total. The van der Waals surface area contributed by atoms with Gasteiger partial charge in [0, 0.05) is 11.1 Å². The first-order valence-electron chi connectivity index (χ1n) is 6.74. The van der Waals surface area contributed by atoms with Crippen LogP contribution >= 0.6 is 0 Å². The molecule has 0 saturated carbocycles. The van der Waals surface area contributed by atoms with Crippen molar-refractivity contribution in [3.05, 3.63) is 35.6 Å². The molecule has 2 heterocycles. The zero-order valence-corrected chi connectivity index (χ0v) is 11.5. The SMILES string of the molecule is CC(C)c1c(-c2ccccc2F)nn2c1OCC(O)C2. The Morgan fingerprint density at radius 3 is 2.85 bits per heavy atom. The molecule has 0 radical (unpaired) electrons. The summed E-state index contributed by atoms with van der Waals surface area (Å²) in [5.74, 6) is 0.498. The average Bonchev–Trinajstić information content (AvgIpc) is 2.77. The summed E-state index contributed by atoms with van der Waals surface area (Å²) in [5, 5.41) is 14.1. The van der Waals surface area contributed by atoms with E-state index >= 15 is 0 Å². The van der Waals surface area contributed by atoms with E-state index in [4.69, 9.17) is 4.74 Å². The van der Waals surface area contributed by atoms with Crippen molar-refractivity contribution >= 4 is 0 Å². The van der Waals surface area contributed by atoms with Gasteiger partial charge in [0.15, 0.2) is 0 Å². The predicted octanol–water partition coefficient (Wildman–Crippen LogP) is 2.57. The number of aliphatic hydroxyl groups excluding tert-OH is 1. The highest BCUT2D eigenvalue weighted by Gasteiger charge is 2.28. The molecule has 0 bridgehead atoms. The van der Waals surface area contributed by atoms with Crippen LogP contribution < -0.4 is 4.74 Å². The van der Waals surface area contributed by atoms with Gasteiger partial charge in [0.1, 0.15) is 24.2 Å². The number of hydrogen-bond donors (Lipinski definition) is 1. The van der Waals surface area contributed by atoms with E-state index in [1.54, 1.807) is 22.9 Å². The van der Waals surface area contributed by atoms with Crippen LogP contribution in [0, 0.1) is 5.82 Å². The normalized spacial score (nSPS) is 17.9. The van der Waals surface area contributed by atoms with Crippen LogP contribution in [0.1, 0.15) is 25.3 Å². The van der Waals surface area contributed by atoms with Crippen molar-refractivity contribution in [2.24, 2.45) is 0 Å². The van der Waals surface area contributed by atoms with Crippen molar-refractivity contribution in [3.63, 3.8) is 0 Å². The van der Waals surface area contributed by atoms with Crippen LogP contribution in [0.4, 0.5) is 4.39 Å². The van der Waals surface area contributed by atoms with Crippen LogP contribution in [0.25, 0.3) is 11.3 Å². The Bertz CT molecular complexity index is 637. The summed E-state index contributed by atoms with van der Waals surface area (Å²) in [7, 11) is 0. The molecule has 1 aromatic carbocycles. The number of benzene rings is 1. The summed E-state index contributed by atoms with van der Waals surface area (Å²) in [6.45, 7) is 4.68. The smallest absolute Gasteiger partial charge is 0.216 e. The first kappa shape index (κ1) is 13.1. The molecule has 1 unspecified atom stereocenters. The fourth-order valence-corrected chi connectivity index (χ4v) is 2.54. The summed E-state index contributed by atoms with van der Waals surface area (Å²) in [6, 6.07) is 6.58. The molecule has 0 amide bonds. The standard InChI is InChI=1S/C15H17FN2O2/c1-9(2)13-14(11-5-3-4-6-12(11)16)17-18-7-10(19)8-20-15(13)18/h3-6,9-10,19H,7-8H2,1-2H3. The molecule has 0 aliphatic carbocycles. The maximum Gasteiger partial charge on any atom is 0.216 e. The van der Waals surface area contributed by atoms with Gasteiger partial charge in [-0.15, -0.1) is 0 Å². The van der Waals surface area contributed by atoms with Crippen LogP contribution in [0.3, 0.4) is 0 Å². The number of aromatic nitrogens is 2. The number of halogens is 1. The van der Waals surface area contributed by atoms with Gasteiger partial charge in [-0.25, -0.2) is 9.07 Å². The number of hydrogen-bond acceptors (Lipinski definition) is 3. The summed E-state index contributed by atoms with van der Waals surface area (Å²) in [5.41, 5.74) is 1.96. The van der Waals surface area contributed by atoms with Gasteiger partial charge in [0.2, 0.25) is 5.88 Å². The van der Waals surface area contributed by atoms with E-state index in [-0.39, 0.29) is 18.3 Å². The molecule has 1 aromatic heterocycles. The van der Waals surface area contributed by atoms with Crippen molar-refractivity contribution < 1.29 is 14.2 Å². The zero-order valence-electron chi connectivity index (χ0n) is 11.5. The second-order valence-electron chi connectivity index (χ2n) is 5.35. The highest BCUT2D eigenvalue weighted by atomic mass is 19.1. The molecule has 2 aromatic rings. The summed E-state index contributed by atoms with van der Waals surface area (Å²) in [4.78, 5) is 0. The maximum atomic E-state index is 14.0. The summed E-state index contributed by atoms with van der Waals surface area (Å²) in [6.07, 6.45) is -0.573. The van der Waals surface area contributed by atoms with Gasteiger partial charge in [-0.05, 0) is 18.1 Å². The molecule has 0 fully saturated rings. The molecular weight excluding hydrogens is 259 g/mol. The topological polar surface area (TPSA) is 47.3 Å². The van der Waals surface area contributed by atoms with Gasteiger partial charge >= 0.3 is 0 Å². The van der Waals surface area contributed by atoms with Gasteiger partial charge < -0.3 is 9.84 Å². The Morgan fingerprint density at radius 1 is 1.40 bits per heavy atom. The Labute approximate surface area is 116 Å². The van der Waals surface area contributed by atoms with Gasteiger partial charge in [0.05, 0.1) is 6.54 Å². The number of aliphatic hydroxyl groups is 1. The number of ether oxygens (including phenoxy) is 1. The lowest BCUT2D eigenvalue weighted by molar-refractivity contribution is 0.0550. The fourth-order valence-electron chi connectivity index (χ4n) is 2.54. The van der Waals surface area contributed by atoms with Gasteiger partial charge in [-0.1, -0.05) is 26.0 Å². The highest BCUT2D eigenvalue weighted by Crippen LogP contribution is 2.38. The number of fused-ring (bicyclic) bond motifs is 1. The second-order valence-corrected chi connectivity index (χ2v) is 5.35. The number of nitrogens with zero attached hydrogens (tertiary/aromatic N) is 2. The average molecular weight is 276 g/mol. The first-order chi connectivity index (χ1) is 9.58. The summed E-state index contributed by atoms with van der Waals surface area (Å²) < 4.78 is 21.2. The highest BCUT2D eigenvalue weighted by molar-refractivity contribution is 5.67. The van der Waals surface area contributed by atoms with E-state index in [0.29, 0.717) is 23.7 Å². The van der Waals surface area contributed by atoms with Gasteiger partial charge in [-0.2, -0.15) is 5.10 Å². The molecule has 1 N–H and O–H groups in total. The van der Waals surface area contributed by atoms with Crippen LogP contribution in [0.5, 0.6) is 5.88 Å². The summed E-state index contributed by atoms with van der Waals surface area (Å²) >= 11 is 0. The molecule has 0 saturated heterocycles. The zero-order chi connectivity index (χ0) is 14.3. The lowest BCUT2D eigenvalue weighted by Gasteiger charge is -2.21.